The minimum atomic E-state index is -0.767. The van der Waals surface area contributed by atoms with Crippen LogP contribution in [0.15, 0.2) is 30.3 Å². The van der Waals surface area contributed by atoms with Crippen molar-refractivity contribution in [1.82, 2.24) is 15.5 Å². The Balaban J connectivity index is 1.86. The zero-order valence-corrected chi connectivity index (χ0v) is 13.9. The molecule has 132 valence electrons. The predicted molar refractivity (Wildman–Crippen MR) is 89.4 cm³/mol. The van der Waals surface area contributed by atoms with E-state index in [1.54, 1.807) is 4.90 Å². The number of amides is 3. The standard InChI is InChI=1S/C17H25N3O4/c1-2-3-9-18-17(23)24-15(12-21)14-11-20(16(22)19-14)10-13-7-5-4-6-8-13/h4-8,14-15,21H,2-3,9-12H2,1H3,(H,18,23)(H,19,22)/t14-,15-/m1/s1. The van der Waals surface area contributed by atoms with Gasteiger partial charge in [-0.1, -0.05) is 43.7 Å². The monoisotopic (exact) mass is 335 g/mol. The summed E-state index contributed by atoms with van der Waals surface area (Å²) >= 11 is 0. The van der Waals surface area contributed by atoms with Crippen LogP contribution in [-0.2, 0) is 11.3 Å². The molecule has 2 rings (SSSR count). The van der Waals surface area contributed by atoms with Gasteiger partial charge in [-0.3, -0.25) is 0 Å². The van der Waals surface area contributed by atoms with Gasteiger partial charge in [0, 0.05) is 19.6 Å². The van der Waals surface area contributed by atoms with Crippen molar-refractivity contribution in [1.29, 1.82) is 0 Å². The van der Waals surface area contributed by atoms with Crippen LogP contribution < -0.4 is 10.6 Å². The summed E-state index contributed by atoms with van der Waals surface area (Å²) < 4.78 is 5.24. The van der Waals surface area contributed by atoms with Crippen LogP contribution in [0.25, 0.3) is 0 Å². The van der Waals surface area contributed by atoms with Crippen LogP contribution in [0.2, 0.25) is 0 Å². The molecular formula is C17H25N3O4. The minimum absolute atomic E-state index is 0.225. The van der Waals surface area contributed by atoms with E-state index < -0.39 is 18.2 Å². The highest BCUT2D eigenvalue weighted by atomic mass is 16.6. The molecule has 24 heavy (non-hydrogen) atoms. The lowest BCUT2D eigenvalue weighted by Gasteiger charge is -2.21. The Hall–Kier alpha value is -2.28. The lowest BCUT2D eigenvalue weighted by molar-refractivity contribution is 0.0393. The fourth-order valence-corrected chi connectivity index (χ4v) is 2.56. The SMILES string of the molecule is CCCCNC(=O)O[C@H](CO)[C@H]1CN(Cc2ccccc2)C(=O)N1. The maximum absolute atomic E-state index is 12.1. The molecule has 1 aromatic carbocycles. The lowest BCUT2D eigenvalue weighted by Crippen LogP contribution is -2.45. The highest BCUT2D eigenvalue weighted by Gasteiger charge is 2.35. The molecular weight excluding hydrogens is 310 g/mol. The third-order valence-corrected chi connectivity index (χ3v) is 3.92. The molecule has 1 saturated heterocycles. The van der Waals surface area contributed by atoms with Gasteiger partial charge in [-0.05, 0) is 12.0 Å². The molecule has 2 atom stereocenters. The van der Waals surface area contributed by atoms with Gasteiger partial charge in [-0.15, -0.1) is 0 Å². The number of hydrogen-bond donors (Lipinski definition) is 3. The first-order valence-corrected chi connectivity index (χ1v) is 8.28. The maximum Gasteiger partial charge on any atom is 0.407 e. The van der Waals surface area contributed by atoms with Crippen LogP contribution in [0.3, 0.4) is 0 Å². The van der Waals surface area contributed by atoms with Crippen molar-refractivity contribution in [3.8, 4) is 0 Å². The number of carbonyl (C=O) groups is 2. The summed E-state index contributed by atoms with van der Waals surface area (Å²) in [5, 5.41) is 14.9. The first-order valence-electron chi connectivity index (χ1n) is 8.28. The second-order valence-electron chi connectivity index (χ2n) is 5.83. The van der Waals surface area contributed by atoms with Gasteiger partial charge in [-0.25, -0.2) is 9.59 Å². The third kappa shape index (κ3) is 5.13. The van der Waals surface area contributed by atoms with Crippen LogP contribution in [0.5, 0.6) is 0 Å². The number of rotatable bonds is 8. The van der Waals surface area contributed by atoms with Crippen molar-refractivity contribution in [3.63, 3.8) is 0 Å². The molecule has 0 bridgehead atoms. The molecule has 0 saturated carbocycles. The predicted octanol–water partition coefficient (Wildman–Crippen LogP) is 1.47. The third-order valence-electron chi connectivity index (χ3n) is 3.92. The number of nitrogens with one attached hydrogen (secondary N) is 2. The van der Waals surface area contributed by atoms with E-state index in [4.69, 9.17) is 4.74 Å². The quantitative estimate of drug-likeness (QED) is 0.628. The molecule has 3 amide bonds. The normalized spacial score (nSPS) is 18.2. The van der Waals surface area contributed by atoms with Crippen LogP contribution in [-0.4, -0.2) is 54.0 Å². The Morgan fingerprint density at radius 1 is 1.46 bits per heavy atom. The van der Waals surface area contributed by atoms with Gasteiger partial charge in [0.2, 0.25) is 0 Å². The number of aliphatic hydroxyl groups is 1. The molecule has 0 spiro atoms. The molecule has 0 unspecified atom stereocenters. The Labute approximate surface area is 142 Å². The molecule has 1 aliphatic heterocycles. The number of ether oxygens (including phenoxy) is 1. The second kappa shape index (κ2) is 9.12. The summed E-state index contributed by atoms with van der Waals surface area (Å²) in [5.41, 5.74) is 1.02. The Morgan fingerprint density at radius 3 is 2.88 bits per heavy atom. The van der Waals surface area contributed by atoms with Gasteiger partial charge in [0.05, 0.1) is 12.6 Å². The zero-order chi connectivity index (χ0) is 17.4. The number of unbranched alkanes of at least 4 members (excludes halogenated alkanes) is 1. The van der Waals surface area contributed by atoms with E-state index in [9.17, 15) is 14.7 Å². The lowest BCUT2D eigenvalue weighted by atomic mass is 10.1. The van der Waals surface area contributed by atoms with E-state index in [2.05, 4.69) is 10.6 Å². The van der Waals surface area contributed by atoms with Gasteiger partial charge in [-0.2, -0.15) is 0 Å². The number of alkyl carbamates (subject to hydrolysis) is 1. The van der Waals surface area contributed by atoms with Gasteiger partial charge < -0.3 is 25.4 Å². The van der Waals surface area contributed by atoms with Crippen molar-refractivity contribution in [3.05, 3.63) is 35.9 Å². The molecule has 0 aliphatic carbocycles. The van der Waals surface area contributed by atoms with E-state index in [0.717, 1.165) is 18.4 Å². The minimum Gasteiger partial charge on any atom is -0.442 e. The summed E-state index contributed by atoms with van der Waals surface area (Å²) in [6.45, 7) is 3.07. The van der Waals surface area contributed by atoms with Crippen molar-refractivity contribution >= 4 is 12.1 Å². The molecule has 1 heterocycles. The fourth-order valence-electron chi connectivity index (χ4n) is 2.56. The smallest absolute Gasteiger partial charge is 0.407 e. The summed E-state index contributed by atoms with van der Waals surface area (Å²) in [7, 11) is 0. The van der Waals surface area contributed by atoms with E-state index in [1.807, 2.05) is 37.3 Å². The Kier molecular flexibility index (Phi) is 6.87. The Morgan fingerprint density at radius 2 is 2.21 bits per heavy atom. The average molecular weight is 335 g/mol. The van der Waals surface area contributed by atoms with Crippen LogP contribution in [0.4, 0.5) is 9.59 Å². The van der Waals surface area contributed by atoms with Crippen molar-refractivity contribution < 1.29 is 19.4 Å². The molecule has 3 N–H and O–H groups in total. The molecule has 1 fully saturated rings. The molecule has 7 nitrogen and oxygen atoms in total. The molecule has 0 aromatic heterocycles. The highest BCUT2D eigenvalue weighted by Crippen LogP contribution is 2.14. The number of urea groups is 1. The first-order chi connectivity index (χ1) is 11.6. The van der Waals surface area contributed by atoms with E-state index >= 15 is 0 Å². The summed E-state index contributed by atoms with van der Waals surface area (Å²) in [6, 6.07) is 9.00. The number of carbonyl (C=O) groups excluding carboxylic acids is 2. The van der Waals surface area contributed by atoms with Crippen molar-refractivity contribution in [2.75, 3.05) is 19.7 Å². The van der Waals surface area contributed by atoms with Gasteiger partial charge >= 0.3 is 12.1 Å². The van der Waals surface area contributed by atoms with Gasteiger partial charge in [0.15, 0.2) is 0 Å². The average Bonchev–Trinajstić information content (AvgIpc) is 2.94. The molecule has 7 heteroatoms. The molecule has 1 aromatic rings. The number of benzene rings is 1. The van der Waals surface area contributed by atoms with Gasteiger partial charge in [0.1, 0.15) is 6.10 Å². The zero-order valence-electron chi connectivity index (χ0n) is 13.9. The number of nitrogens with zero attached hydrogens (tertiary/aromatic N) is 1. The summed E-state index contributed by atoms with van der Waals surface area (Å²) in [5.74, 6) is 0. The van der Waals surface area contributed by atoms with E-state index in [-0.39, 0.29) is 12.6 Å². The summed E-state index contributed by atoms with van der Waals surface area (Å²) in [6.07, 6.45) is 0.496. The summed E-state index contributed by atoms with van der Waals surface area (Å²) in [4.78, 5) is 25.5. The second-order valence-corrected chi connectivity index (χ2v) is 5.83. The van der Waals surface area contributed by atoms with E-state index in [0.29, 0.717) is 19.6 Å². The van der Waals surface area contributed by atoms with Crippen LogP contribution in [0, 0.1) is 0 Å². The van der Waals surface area contributed by atoms with Crippen LogP contribution in [0.1, 0.15) is 25.3 Å². The van der Waals surface area contributed by atoms with E-state index in [1.165, 1.54) is 0 Å². The Bertz CT molecular complexity index is 538. The first kappa shape index (κ1) is 18.1. The van der Waals surface area contributed by atoms with Crippen molar-refractivity contribution in [2.24, 2.45) is 0 Å². The fraction of sp³-hybridized carbons (Fsp3) is 0.529. The maximum atomic E-state index is 12.1. The number of hydrogen-bond acceptors (Lipinski definition) is 4. The largest absolute Gasteiger partial charge is 0.442 e. The van der Waals surface area contributed by atoms with Crippen LogP contribution >= 0.6 is 0 Å². The van der Waals surface area contributed by atoms with Crippen molar-refractivity contribution in [2.45, 2.75) is 38.5 Å². The topological polar surface area (TPSA) is 90.9 Å². The van der Waals surface area contributed by atoms with Gasteiger partial charge in [0.25, 0.3) is 0 Å². The molecule has 1 aliphatic rings. The number of aliphatic hydroxyl groups excluding tert-OH is 1. The highest BCUT2D eigenvalue weighted by molar-refractivity contribution is 5.77. The molecule has 0 radical (unpaired) electrons.